The van der Waals surface area contributed by atoms with E-state index in [0.717, 1.165) is 0 Å². The first-order chi connectivity index (χ1) is 8.45. The molecule has 19 heavy (non-hydrogen) atoms. The molecule has 0 amide bonds. The van der Waals surface area contributed by atoms with Crippen LogP contribution in [0.1, 0.15) is 12.0 Å². The number of sulfonamides is 1. The minimum absolute atomic E-state index is 0. The molecule has 1 unspecified atom stereocenters. The molecule has 1 radical (unpaired) electrons. The zero-order chi connectivity index (χ0) is 13.8. The third-order valence-electron chi connectivity index (χ3n) is 2.68. The number of rotatable bonds is 6. The van der Waals surface area contributed by atoms with Crippen molar-refractivity contribution in [3.05, 3.63) is 43.7 Å². The number of ether oxygens (including phenoxy) is 1. The van der Waals surface area contributed by atoms with Gasteiger partial charge in [0.15, 0.2) is 0 Å². The third-order valence-corrected chi connectivity index (χ3v) is 4.71. The fourth-order valence-corrected chi connectivity index (χ4v) is 3.33. The minimum Gasteiger partial charge on any atom is -0.368 e. The summed E-state index contributed by atoms with van der Waals surface area (Å²) >= 11 is 0. The monoisotopic (exact) mass is 358 g/mol. The average molecular weight is 358 g/mol. The predicted octanol–water partition coefficient (Wildman–Crippen LogP) is 2.01. The van der Waals surface area contributed by atoms with Gasteiger partial charge in [-0.25, -0.2) is 12.7 Å². The molecule has 105 valence electrons. The van der Waals surface area contributed by atoms with E-state index in [4.69, 9.17) is 4.74 Å². The molecule has 0 bridgehead atoms. The Morgan fingerprint density at radius 3 is 2.42 bits per heavy atom. The Morgan fingerprint density at radius 2 is 1.95 bits per heavy atom. The normalized spacial score (nSPS) is 13.1. The first kappa shape index (κ1) is 19.2. The molecule has 0 aliphatic heterocycles. The van der Waals surface area contributed by atoms with Crippen LogP contribution in [0.5, 0.6) is 0 Å². The van der Waals surface area contributed by atoms with Crippen LogP contribution in [0.25, 0.3) is 0 Å². The van der Waals surface area contributed by atoms with Crippen molar-refractivity contribution in [3.8, 4) is 0 Å². The van der Waals surface area contributed by atoms with E-state index in [1.54, 1.807) is 31.2 Å². The molecule has 0 heterocycles. The number of hydrogen-bond acceptors (Lipinski definition) is 3. The Balaban J connectivity index is 0.00000324. The number of aryl methyl sites for hydroxylation is 1. The number of methoxy groups -OCH3 is 1. The van der Waals surface area contributed by atoms with E-state index in [2.05, 4.69) is 13.8 Å². The summed E-state index contributed by atoms with van der Waals surface area (Å²) in [6.07, 6.45) is 0.383. The Morgan fingerprint density at radius 1 is 1.37 bits per heavy atom. The van der Waals surface area contributed by atoms with Gasteiger partial charge in [-0.1, -0.05) is 18.2 Å². The van der Waals surface area contributed by atoms with Crippen molar-refractivity contribution >= 4 is 10.0 Å². The van der Waals surface area contributed by atoms with Crippen LogP contribution >= 0.6 is 0 Å². The van der Waals surface area contributed by atoms with Crippen LogP contribution in [0.15, 0.2) is 29.2 Å². The Hall–Kier alpha value is 0.194. The molecule has 1 atom stereocenters. The molecule has 0 aromatic heterocycles. The second kappa shape index (κ2) is 8.47. The van der Waals surface area contributed by atoms with Crippen molar-refractivity contribution in [2.45, 2.75) is 24.3 Å². The van der Waals surface area contributed by atoms with Gasteiger partial charge in [-0.3, -0.25) is 0 Å². The summed E-state index contributed by atoms with van der Waals surface area (Å²) < 4.78 is 31.2. The van der Waals surface area contributed by atoms with Crippen molar-refractivity contribution in [1.29, 1.82) is 0 Å². The molecule has 0 aliphatic rings. The molecule has 1 aromatic carbocycles. The van der Waals surface area contributed by atoms with E-state index in [1.165, 1.54) is 11.4 Å². The van der Waals surface area contributed by atoms with Crippen molar-refractivity contribution in [3.63, 3.8) is 0 Å². The van der Waals surface area contributed by atoms with Crippen molar-refractivity contribution in [2.24, 2.45) is 0 Å². The molecule has 0 saturated heterocycles. The van der Waals surface area contributed by atoms with E-state index < -0.39 is 16.1 Å². The Labute approximate surface area is 141 Å². The molecule has 0 fully saturated rings. The van der Waals surface area contributed by atoms with Crippen LogP contribution in [0, 0.1) is 20.8 Å². The predicted molar refractivity (Wildman–Crippen MR) is 71.2 cm³/mol. The largest absolute Gasteiger partial charge is 0.368 e. The molecule has 0 spiro atoms. The van der Waals surface area contributed by atoms with Gasteiger partial charge in [0.2, 0.25) is 10.0 Å². The summed E-state index contributed by atoms with van der Waals surface area (Å²) in [5, 5.41) is 0. The van der Waals surface area contributed by atoms with Crippen LogP contribution < -0.4 is 0 Å². The number of benzene rings is 1. The van der Waals surface area contributed by atoms with Crippen LogP contribution in [0.3, 0.4) is 0 Å². The average Bonchev–Trinajstić information content (AvgIpc) is 2.35. The van der Waals surface area contributed by atoms with Gasteiger partial charge in [0, 0.05) is 39.8 Å². The van der Waals surface area contributed by atoms with Gasteiger partial charge in [-0.15, -0.1) is 6.04 Å². The standard InChI is InChI=1S/C13H19NO3S.Y/c1-5-12(3)14(10-17-4)18(15,16)13-9-7-6-8-11(13)2;/h6-9,12H,1,3,5,10H2,2,4H3;/q-2;. The SMILES string of the molecule is [CH2-]CC([CH2-])N(COC)S(=O)(=O)c1ccccc1C.[Y]. The molecular formula is C13H19NO3SY-2. The summed E-state index contributed by atoms with van der Waals surface area (Å²) in [6.45, 7) is 9.23. The van der Waals surface area contributed by atoms with E-state index in [9.17, 15) is 8.42 Å². The number of hydrogen-bond donors (Lipinski definition) is 0. The van der Waals surface area contributed by atoms with Gasteiger partial charge in [-0.05, 0) is 18.6 Å². The molecule has 0 N–H and O–H groups in total. The topological polar surface area (TPSA) is 46.6 Å². The van der Waals surface area contributed by atoms with Crippen molar-refractivity contribution in [2.75, 3.05) is 13.8 Å². The van der Waals surface area contributed by atoms with Crippen LogP contribution in [-0.2, 0) is 47.5 Å². The summed E-state index contributed by atoms with van der Waals surface area (Å²) in [5.41, 5.74) is 0.704. The Kier molecular flexibility index (Phi) is 8.56. The first-order valence-corrected chi connectivity index (χ1v) is 7.08. The molecule has 1 aromatic rings. The van der Waals surface area contributed by atoms with Crippen LogP contribution in [0.2, 0.25) is 0 Å². The van der Waals surface area contributed by atoms with E-state index in [-0.39, 0.29) is 44.3 Å². The van der Waals surface area contributed by atoms with Gasteiger partial charge in [0.05, 0.1) is 4.90 Å². The fraction of sp³-hybridized carbons (Fsp3) is 0.385. The third kappa shape index (κ3) is 4.60. The fourth-order valence-electron chi connectivity index (χ4n) is 1.61. The summed E-state index contributed by atoms with van der Waals surface area (Å²) in [4.78, 5) is 0.282. The van der Waals surface area contributed by atoms with Crippen LogP contribution in [0.4, 0.5) is 0 Å². The zero-order valence-electron chi connectivity index (χ0n) is 11.4. The van der Waals surface area contributed by atoms with Gasteiger partial charge < -0.3 is 18.6 Å². The molecular weight excluding hydrogens is 339 g/mol. The van der Waals surface area contributed by atoms with Gasteiger partial charge >= 0.3 is 0 Å². The smallest absolute Gasteiger partial charge is 0.243 e. The second-order valence-electron chi connectivity index (χ2n) is 4.02. The minimum atomic E-state index is -3.60. The molecule has 4 nitrogen and oxygen atoms in total. The maximum Gasteiger partial charge on any atom is 0.243 e. The van der Waals surface area contributed by atoms with Gasteiger partial charge in [0.1, 0.15) is 6.73 Å². The molecule has 0 aliphatic carbocycles. The van der Waals surface area contributed by atoms with Crippen molar-refractivity contribution < 1.29 is 45.9 Å². The summed E-state index contributed by atoms with van der Waals surface area (Å²) in [7, 11) is -2.14. The van der Waals surface area contributed by atoms with E-state index in [0.29, 0.717) is 12.0 Å². The van der Waals surface area contributed by atoms with E-state index >= 15 is 0 Å². The van der Waals surface area contributed by atoms with Crippen molar-refractivity contribution in [1.82, 2.24) is 4.31 Å². The maximum absolute atomic E-state index is 12.5. The van der Waals surface area contributed by atoms with E-state index in [1.807, 2.05) is 0 Å². The zero-order valence-corrected chi connectivity index (χ0v) is 15.0. The summed E-state index contributed by atoms with van der Waals surface area (Å²) in [6, 6.07) is 6.41. The first-order valence-electron chi connectivity index (χ1n) is 5.64. The van der Waals surface area contributed by atoms with Gasteiger partial charge in [0.25, 0.3) is 0 Å². The number of nitrogens with zero attached hydrogens (tertiary/aromatic N) is 1. The van der Waals surface area contributed by atoms with Gasteiger partial charge in [-0.2, -0.15) is 6.42 Å². The second-order valence-corrected chi connectivity index (χ2v) is 5.88. The molecule has 1 rings (SSSR count). The van der Waals surface area contributed by atoms with Crippen LogP contribution in [-0.4, -0.2) is 32.6 Å². The molecule has 6 heteroatoms. The maximum atomic E-state index is 12.5. The summed E-state index contributed by atoms with van der Waals surface area (Å²) in [5.74, 6) is 0. The molecule has 0 saturated carbocycles. The Bertz CT molecular complexity index is 490. The quantitative estimate of drug-likeness (QED) is 0.577.